The van der Waals surface area contributed by atoms with E-state index in [1.807, 2.05) is 35.2 Å². The zero-order valence-corrected chi connectivity index (χ0v) is 13.7. The van der Waals surface area contributed by atoms with Gasteiger partial charge in [0.2, 0.25) is 0 Å². The first-order chi connectivity index (χ1) is 11.2. The molecule has 0 radical (unpaired) electrons. The second kappa shape index (κ2) is 7.47. The Hall–Kier alpha value is -2.07. The minimum Gasteiger partial charge on any atom is -0.353 e. The third-order valence-electron chi connectivity index (χ3n) is 4.03. The van der Waals surface area contributed by atoms with Crippen LogP contribution in [0.15, 0.2) is 42.6 Å². The minimum absolute atomic E-state index is 0.0243. The van der Waals surface area contributed by atoms with E-state index in [0.717, 1.165) is 37.3 Å². The van der Waals surface area contributed by atoms with Crippen LogP contribution in [-0.2, 0) is 0 Å². The number of aromatic nitrogens is 1. The summed E-state index contributed by atoms with van der Waals surface area (Å²) in [5, 5.41) is 3.86. The van der Waals surface area contributed by atoms with Crippen LogP contribution < -0.4 is 5.32 Å². The topological polar surface area (TPSA) is 45.2 Å². The van der Waals surface area contributed by atoms with Crippen LogP contribution >= 0.6 is 11.6 Å². The second-order valence-corrected chi connectivity index (χ2v) is 6.15. The van der Waals surface area contributed by atoms with Gasteiger partial charge in [-0.05, 0) is 37.1 Å². The summed E-state index contributed by atoms with van der Waals surface area (Å²) in [4.78, 5) is 18.7. The van der Waals surface area contributed by atoms with Crippen molar-refractivity contribution >= 4 is 28.9 Å². The summed E-state index contributed by atoms with van der Waals surface area (Å²) in [6.45, 7) is 1.67. The van der Waals surface area contributed by atoms with Crippen molar-refractivity contribution in [1.29, 1.82) is 0 Å². The monoisotopic (exact) mass is 329 g/mol. The van der Waals surface area contributed by atoms with Crippen LogP contribution in [0.1, 0.15) is 36.2 Å². The average molecular weight is 330 g/mol. The highest BCUT2D eigenvalue weighted by Gasteiger charge is 2.18. The van der Waals surface area contributed by atoms with Crippen LogP contribution in [-0.4, -0.2) is 28.9 Å². The number of hydrogen-bond donors (Lipinski definition) is 1. The molecule has 1 aromatic heterocycles. The van der Waals surface area contributed by atoms with Gasteiger partial charge in [-0.2, -0.15) is 0 Å². The van der Waals surface area contributed by atoms with E-state index in [0.29, 0.717) is 10.7 Å². The number of nitrogens with zero attached hydrogens (tertiary/aromatic N) is 2. The first-order valence-electron chi connectivity index (χ1n) is 8.01. The molecule has 0 saturated carbocycles. The van der Waals surface area contributed by atoms with Crippen LogP contribution in [0.3, 0.4) is 0 Å². The number of hydrogen-bond acceptors (Lipinski definition) is 3. The lowest BCUT2D eigenvalue weighted by Gasteiger charge is -2.19. The maximum absolute atomic E-state index is 12.5. The molecule has 3 rings (SSSR count). The molecule has 1 N–H and O–H groups in total. The fraction of sp³-hybridized carbons (Fsp3) is 0.333. The molecule has 1 aliphatic rings. The number of carbonyl (C=O) groups excluding carboxylic acids is 1. The Labute approximate surface area is 141 Å². The number of amides is 1. The molecule has 2 heterocycles. The second-order valence-electron chi connectivity index (χ2n) is 5.74. The molecular formula is C18H20ClN3O. The number of anilines is 2. The van der Waals surface area contributed by atoms with E-state index in [-0.39, 0.29) is 5.91 Å². The standard InChI is InChI=1S/C18H20ClN3O/c19-15-7-3-4-8-16(15)21-14-9-10-17(20-13-14)18(23)22-11-5-1-2-6-12-22/h3-4,7-10,13,21H,1-2,5-6,11-12H2. The number of benzene rings is 1. The SMILES string of the molecule is O=C(c1ccc(Nc2ccccc2Cl)cn1)N1CCCCCC1. The fourth-order valence-electron chi connectivity index (χ4n) is 2.75. The molecule has 1 fully saturated rings. The summed E-state index contributed by atoms with van der Waals surface area (Å²) in [6.07, 6.45) is 6.25. The summed E-state index contributed by atoms with van der Waals surface area (Å²) < 4.78 is 0. The summed E-state index contributed by atoms with van der Waals surface area (Å²) in [7, 11) is 0. The van der Waals surface area contributed by atoms with Gasteiger partial charge in [0.15, 0.2) is 0 Å². The molecule has 0 atom stereocenters. The quantitative estimate of drug-likeness (QED) is 0.902. The van der Waals surface area contributed by atoms with E-state index in [4.69, 9.17) is 11.6 Å². The van der Waals surface area contributed by atoms with E-state index < -0.39 is 0 Å². The van der Waals surface area contributed by atoms with Gasteiger partial charge in [0.25, 0.3) is 5.91 Å². The Morgan fingerprint density at radius 2 is 1.78 bits per heavy atom. The van der Waals surface area contributed by atoms with E-state index in [9.17, 15) is 4.79 Å². The molecule has 23 heavy (non-hydrogen) atoms. The molecule has 1 saturated heterocycles. The van der Waals surface area contributed by atoms with Crippen LogP contribution in [0, 0.1) is 0 Å². The van der Waals surface area contributed by atoms with E-state index in [1.54, 1.807) is 12.3 Å². The van der Waals surface area contributed by atoms with E-state index >= 15 is 0 Å². The molecule has 0 unspecified atom stereocenters. The molecule has 1 aromatic carbocycles. The number of carbonyl (C=O) groups is 1. The zero-order chi connectivity index (χ0) is 16.1. The molecule has 0 aliphatic carbocycles. The van der Waals surface area contributed by atoms with Crippen molar-refractivity contribution in [3.8, 4) is 0 Å². The van der Waals surface area contributed by atoms with Crippen molar-refractivity contribution in [2.75, 3.05) is 18.4 Å². The molecule has 1 aliphatic heterocycles. The first kappa shape index (κ1) is 15.8. The minimum atomic E-state index is 0.0243. The number of nitrogens with one attached hydrogen (secondary N) is 1. The Balaban J connectivity index is 1.69. The predicted molar refractivity (Wildman–Crippen MR) is 93.3 cm³/mol. The zero-order valence-electron chi connectivity index (χ0n) is 13.0. The van der Waals surface area contributed by atoms with Crippen LogP contribution in [0.25, 0.3) is 0 Å². The molecule has 2 aromatic rings. The summed E-state index contributed by atoms with van der Waals surface area (Å²) in [5.74, 6) is 0.0243. The smallest absolute Gasteiger partial charge is 0.272 e. The van der Waals surface area contributed by atoms with Crippen molar-refractivity contribution in [1.82, 2.24) is 9.88 Å². The van der Waals surface area contributed by atoms with E-state index in [1.165, 1.54) is 12.8 Å². The van der Waals surface area contributed by atoms with Crippen molar-refractivity contribution < 1.29 is 4.79 Å². The summed E-state index contributed by atoms with van der Waals surface area (Å²) in [6, 6.07) is 11.2. The highest BCUT2D eigenvalue weighted by molar-refractivity contribution is 6.33. The normalized spacial score (nSPS) is 15.1. The maximum atomic E-state index is 12.5. The van der Waals surface area contributed by atoms with Gasteiger partial charge in [-0.15, -0.1) is 0 Å². The lowest BCUT2D eigenvalue weighted by Crippen LogP contribution is -2.32. The van der Waals surface area contributed by atoms with Crippen molar-refractivity contribution in [3.05, 3.63) is 53.3 Å². The largest absolute Gasteiger partial charge is 0.353 e. The highest BCUT2D eigenvalue weighted by atomic mass is 35.5. The Kier molecular flexibility index (Phi) is 5.13. The third kappa shape index (κ3) is 4.02. The predicted octanol–water partition coefficient (Wildman–Crippen LogP) is 4.49. The number of para-hydroxylation sites is 1. The van der Waals surface area contributed by atoms with Gasteiger partial charge in [-0.3, -0.25) is 4.79 Å². The van der Waals surface area contributed by atoms with Gasteiger partial charge < -0.3 is 10.2 Å². The van der Waals surface area contributed by atoms with E-state index in [2.05, 4.69) is 10.3 Å². The Morgan fingerprint density at radius 1 is 1.04 bits per heavy atom. The highest BCUT2D eigenvalue weighted by Crippen LogP contribution is 2.24. The van der Waals surface area contributed by atoms with Crippen molar-refractivity contribution in [2.45, 2.75) is 25.7 Å². The first-order valence-corrected chi connectivity index (χ1v) is 8.39. The molecule has 4 nitrogen and oxygen atoms in total. The van der Waals surface area contributed by atoms with Crippen molar-refractivity contribution in [2.24, 2.45) is 0 Å². The van der Waals surface area contributed by atoms with Crippen LogP contribution in [0.4, 0.5) is 11.4 Å². The fourth-order valence-corrected chi connectivity index (χ4v) is 2.93. The number of likely N-dealkylation sites (tertiary alicyclic amines) is 1. The molecule has 5 heteroatoms. The molecule has 120 valence electrons. The number of pyridine rings is 1. The van der Waals surface area contributed by atoms with Crippen LogP contribution in [0.2, 0.25) is 5.02 Å². The van der Waals surface area contributed by atoms with Gasteiger partial charge in [0.05, 0.1) is 22.6 Å². The van der Waals surface area contributed by atoms with Gasteiger partial charge in [-0.1, -0.05) is 36.6 Å². The van der Waals surface area contributed by atoms with Crippen molar-refractivity contribution in [3.63, 3.8) is 0 Å². The molecular weight excluding hydrogens is 310 g/mol. The lowest BCUT2D eigenvalue weighted by atomic mass is 10.2. The molecule has 0 bridgehead atoms. The molecule has 1 amide bonds. The van der Waals surface area contributed by atoms with Crippen LogP contribution in [0.5, 0.6) is 0 Å². The third-order valence-corrected chi connectivity index (χ3v) is 4.36. The average Bonchev–Trinajstić information content (AvgIpc) is 2.86. The summed E-state index contributed by atoms with van der Waals surface area (Å²) in [5.41, 5.74) is 2.13. The Bertz CT molecular complexity index is 664. The van der Waals surface area contributed by atoms with Gasteiger partial charge in [-0.25, -0.2) is 4.98 Å². The lowest BCUT2D eigenvalue weighted by molar-refractivity contribution is 0.0756. The van der Waals surface area contributed by atoms with Gasteiger partial charge in [0, 0.05) is 13.1 Å². The van der Waals surface area contributed by atoms with Gasteiger partial charge >= 0.3 is 0 Å². The maximum Gasteiger partial charge on any atom is 0.272 e. The van der Waals surface area contributed by atoms with Gasteiger partial charge in [0.1, 0.15) is 5.69 Å². The Morgan fingerprint density at radius 3 is 2.43 bits per heavy atom. The number of halogens is 1. The summed E-state index contributed by atoms with van der Waals surface area (Å²) >= 11 is 6.13. The number of rotatable bonds is 3. The molecule has 0 spiro atoms.